The zero-order valence-corrected chi connectivity index (χ0v) is 17.6. The van der Waals surface area contributed by atoms with Crippen molar-refractivity contribution in [1.82, 2.24) is 5.32 Å². The average molecular weight is 405 g/mol. The molecule has 0 unspecified atom stereocenters. The molecule has 2 aromatic carbocycles. The van der Waals surface area contributed by atoms with Crippen molar-refractivity contribution in [2.24, 2.45) is 0 Å². The van der Waals surface area contributed by atoms with Crippen LogP contribution in [-0.2, 0) is 14.8 Å². The molecule has 0 radical (unpaired) electrons. The van der Waals surface area contributed by atoms with Crippen LogP contribution >= 0.6 is 0 Å². The van der Waals surface area contributed by atoms with Crippen molar-refractivity contribution in [1.29, 1.82) is 0 Å². The molecule has 0 atom stereocenters. The van der Waals surface area contributed by atoms with E-state index >= 15 is 0 Å². The maximum absolute atomic E-state index is 12.9. The molecule has 0 fully saturated rings. The van der Waals surface area contributed by atoms with Crippen molar-refractivity contribution >= 4 is 21.6 Å². The largest absolute Gasteiger partial charge is 0.379 e. The highest BCUT2D eigenvalue weighted by atomic mass is 32.2. The molecule has 0 aliphatic rings. The highest BCUT2D eigenvalue weighted by molar-refractivity contribution is 7.92. The van der Waals surface area contributed by atoms with Gasteiger partial charge in [-0.2, -0.15) is 0 Å². The first kappa shape index (κ1) is 21.9. The first-order valence-corrected chi connectivity index (χ1v) is 10.7. The minimum Gasteiger partial charge on any atom is -0.379 e. The van der Waals surface area contributed by atoms with E-state index < -0.39 is 10.0 Å². The van der Waals surface area contributed by atoms with E-state index in [0.29, 0.717) is 30.8 Å². The van der Waals surface area contributed by atoms with Gasteiger partial charge in [0.15, 0.2) is 0 Å². The van der Waals surface area contributed by atoms with E-state index in [1.165, 1.54) is 23.5 Å². The Labute approximate surface area is 167 Å². The van der Waals surface area contributed by atoms with E-state index in [2.05, 4.69) is 5.32 Å². The highest BCUT2D eigenvalue weighted by Crippen LogP contribution is 2.23. The first-order chi connectivity index (χ1) is 13.2. The molecule has 0 saturated carbocycles. The van der Waals surface area contributed by atoms with Crippen LogP contribution in [0.25, 0.3) is 0 Å². The number of carbonyl (C=O) groups is 1. The van der Waals surface area contributed by atoms with Crippen molar-refractivity contribution in [3.05, 3.63) is 59.7 Å². The van der Waals surface area contributed by atoms with E-state index in [0.717, 1.165) is 5.56 Å². The minimum absolute atomic E-state index is 0.0753. The fourth-order valence-corrected chi connectivity index (χ4v) is 3.79. The molecular formula is C21H28N2O4S. The number of hydrogen-bond acceptors (Lipinski definition) is 4. The Morgan fingerprint density at radius 3 is 2.46 bits per heavy atom. The maximum Gasteiger partial charge on any atom is 0.264 e. The number of carbonyl (C=O) groups excluding carboxylic acids is 1. The molecule has 0 saturated heterocycles. The molecular weight excluding hydrogens is 376 g/mol. The fraction of sp³-hybridized carbons (Fsp3) is 0.381. The average Bonchev–Trinajstić information content (AvgIpc) is 2.67. The Morgan fingerprint density at radius 1 is 1.14 bits per heavy atom. The molecule has 2 rings (SSSR count). The Bertz CT molecular complexity index is 893. The van der Waals surface area contributed by atoms with Gasteiger partial charge in [0.1, 0.15) is 0 Å². The van der Waals surface area contributed by atoms with E-state index in [9.17, 15) is 13.2 Å². The van der Waals surface area contributed by atoms with Crippen LogP contribution in [0.5, 0.6) is 0 Å². The van der Waals surface area contributed by atoms with Crippen LogP contribution in [-0.4, -0.2) is 40.6 Å². The van der Waals surface area contributed by atoms with Crippen LogP contribution in [0.3, 0.4) is 0 Å². The summed E-state index contributed by atoms with van der Waals surface area (Å²) in [5.41, 5.74) is 1.92. The zero-order valence-electron chi connectivity index (χ0n) is 16.8. The van der Waals surface area contributed by atoms with Gasteiger partial charge in [-0.05, 0) is 57.5 Å². The Morgan fingerprint density at radius 2 is 1.82 bits per heavy atom. The molecule has 152 valence electrons. The molecule has 1 amide bonds. The standard InChI is InChI=1S/C21H28N2O4S/c1-16(2)27-14-6-13-22-21(24)18-7-5-8-20(15-18)28(25,26)23(4)19-11-9-17(3)10-12-19/h5,7-12,15-16H,6,13-14H2,1-4H3,(H,22,24). The van der Waals surface area contributed by atoms with E-state index in [1.807, 2.05) is 32.9 Å². The molecule has 0 bridgehead atoms. The number of nitrogens with one attached hydrogen (secondary N) is 1. The van der Waals surface area contributed by atoms with Crippen molar-refractivity contribution < 1.29 is 17.9 Å². The quantitative estimate of drug-likeness (QED) is 0.650. The summed E-state index contributed by atoms with van der Waals surface area (Å²) in [5.74, 6) is -0.306. The molecule has 2 aromatic rings. The normalized spacial score (nSPS) is 11.5. The lowest BCUT2D eigenvalue weighted by Gasteiger charge is -2.20. The summed E-state index contributed by atoms with van der Waals surface area (Å²) in [6, 6.07) is 13.3. The molecule has 28 heavy (non-hydrogen) atoms. The van der Waals surface area contributed by atoms with Crippen molar-refractivity contribution in [3.8, 4) is 0 Å². The Kier molecular flexibility index (Phi) is 7.60. The molecule has 0 spiro atoms. The van der Waals surface area contributed by atoms with Crippen LogP contribution < -0.4 is 9.62 Å². The van der Waals surface area contributed by atoms with Gasteiger partial charge >= 0.3 is 0 Å². The Balaban J connectivity index is 2.08. The van der Waals surface area contributed by atoms with Crippen molar-refractivity contribution in [2.75, 3.05) is 24.5 Å². The number of sulfonamides is 1. The smallest absolute Gasteiger partial charge is 0.264 e. The summed E-state index contributed by atoms with van der Waals surface area (Å²) in [6.07, 6.45) is 0.848. The van der Waals surface area contributed by atoms with E-state index in [-0.39, 0.29) is 16.9 Å². The monoisotopic (exact) mass is 404 g/mol. The predicted octanol–water partition coefficient (Wildman–Crippen LogP) is 3.37. The summed E-state index contributed by atoms with van der Waals surface area (Å²) in [5, 5.41) is 2.79. The third-order valence-corrected chi connectivity index (χ3v) is 5.99. The number of rotatable bonds is 9. The zero-order chi connectivity index (χ0) is 20.7. The summed E-state index contributed by atoms with van der Waals surface area (Å²) < 4.78 is 32.5. The topological polar surface area (TPSA) is 75.7 Å². The number of hydrogen-bond donors (Lipinski definition) is 1. The molecule has 6 nitrogen and oxygen atoms in total. The molecule has 1 N–H and O–H groups in total. The Hall–Kier alpha value is -2.38. The summed E-state index contributed by atoms with van der Waals surface area (Å²) in [6.45, 7) is 6.88. The van der Waals surface area contributed by atoms with Gasteiger partial charge in [-0.3, -0.25) is 9.10 Å². The highest BCUT2D eigenvalue weighted by Gasteiger charge is 2.22. The fourth-order valence-electron chi connectivity index (χ4n) is 2.54. The number of nitrogens with zero attached hydrogens (tertiary/aromatic N) is 1. The SMILES string of the molecule is Cc1ccc(N(C)S(=O)(=O)c2cccc(C(=O)NCCCOC(C)C)c2)cc1. The van der Waals surface area contributed by atoms with Gasteiger partial charge in [0.25, 0.3) is 15.9 Å². The molecule has 0 aromatic heterocycles. The number of ether oxygens (including phenoxy) is 1. The van der Waals surface area contributed by atoms with Gasteiger partial charge in [0.05, 0.1) is 16.7 Å². The van der Waals surface area contributed by atoms with Crippen LogP contribution in [0.4, 0.5) is 5.69 Å². The first-order valence-electron chi connectivity index (χ1n) is 9.27. The second-order valence-electron chi connectivity index (χ2n) is 6.86. The lowest BCUT2D eigenvalue weighted by Crippen LogP contribution is -2.28. The number of benzene rings is 2. The van der Waals surface area contributed by atoms with Gasteiger partial charge < -0.3 is 10.1 Å². The molecule has 0 aliphatic carbocycles. The van der Waals surface area contributed by atoms with Crippen LogP contribution in [0.1, 0.15) is 36.2 Å². The third kappa shape index (κ3) is 5.81. The lowest BCUT2D eigenvalue weighted by molar-refractivity contribution is 0.0757. The van der Waals surface area contributed by atoms with Crippen LogP contribution in [0.15, 0.2) is 53.4 Å². The summed E-state index contributed by atoms with van der Waals surface area (Å²) in [7, 11) is -2.26. The molecule has 0 aliphatic heterocycles. The second kappa shape index (κ2) is 9.71. The van der Waals surface area contributed by atoms with E-state index in [4.69, 9.17) is 4.74 Å². The molecule has 7 heteroatoms. The van der Waals surface area contributed by atoms with Crippen LogP contribution in [0, 0.1) is 6.92 Å². The van der Waals surface area contributed by atoms with Crippen molar-refractivity contribution in [2.45, 2.75) is 38.2 Å². The van der Waals surface area contributed by atoms with Crippen molar-refractivity contribution in [3.63, 3.8) is 0 Å². The minimum atomic E-state index is -3.77. The van der Waals surface area contributed by atoms with E-state index in [1.54, 1.807) is 24.3 Å². The van der Waals surface area contributed by atoms with Gasteiger partial charge in [-0.1, -0.05) is 23.8 Å². The van der Waals surface area contributed by atoms with Gasteiger partial charge in [0.2, 0.25) is 0 Å². The lowest BCUT2D eigenvalue weighted by atomic mass is 10.2. The predicted molar refractivity (Wildman–Crippen MR) is 111 cm³/mol. The number of aryl methyl sites for hydroxylation is 1. The number of anilines is 1. The van der Waals surface area contributed by atoms with Crippen LogP contribution in [0.2, 0.25) is 0 Å². The van der Waals surface area contributed by atoms with Gasteiger partial charge in [-0.25, -0.2) is 8.42 Å². The van der Waals surface area contributed by atoms with Gasteiger partial charge in [-0.15, -0.1) is 0 Å². The maximum atomic E-state index is 12.9. The van der Waals surface area contributed by atoms with Gasteiger partial charge in [0, 0.05) is 25.8 Å². The second-order valence-corrected chi connectivity index (χ2v) is 8.83. The molecule has 0 heterocycles. The summed E-state index contributed by atoms with van der Waals surface area (Å²) in [4.78, 5) is 12.4. The number of amides is 1. The third-order valence-electron chi connectivity index (χ3n) is 4.21. The summed E-state index contributed by atoms with van der Waals surface area (Å²) >= 11 is 0.